The lowest BCUT2D eigenvalue weighted by Crippen LogP contribution is -2.48. The summed E-state index contributed by atoms with van der Waals surface area (Å²) in [5.41, 5.74) is -0.683. The smallest absolute Gasteiger partial charge is 0.352 e. The van der Waals surface area contributed by atoms with E-state index in [1.54, 1.807) is 6.55 Å². The molecule has 0 fully saturated rings. The van der Waals surface area contributed by atoms with Crippen LogP contribution in [0.1, 0.15) is 39.5 Å². The van der Waals surface area contributed by atoms with Gasteiger partial charge in [0.25, 0.3) is 0 Å². The highest BCUT2D eigenvalue weighted by atomic mass is 28.4. The van der Waals surface area contributed by atoms with Crippen LogP contribution in [0.15, 0.2) is 0 Å². The molecule has 0 aliphatic rings. The van der Waals surface area contributed by atoms with E-state index in [1.807, 2.05) is 13.8 Å². The minimum Gasteiger partial charge on any atom is -0.397 e. The number of rotatable bonds is 9. The summed E-state index contributed by atoms with van der Waals surface area (Å²) in [4.78, 5) is 24.2. The first-order valence-corrected chi connectivity index (χ1v) is 8.51. The lowest BCUT2D eigenvalue weighted by molar-refractivity contribution is -0.128. The number of ketones is 2. The number of hydrogen-bond acceptors (Lipinski definition) is 4. The van der Waals surface area contributed by atoms with Crippen molar-refractivity contribution in [3.8, 4) is 0 Å². The average molecular weight is 260 g/mol. The van der Waals surface area contributed by atoms with Crippen molar-refractivity contribution in [2.75, 3.05) is 14.2 Å². The molecule has 0 atom stereocenters. The summed E-state index contributed by atoms with van der Waals surface area (Å²) in [6.07, 6.45) is 2.31. The maximum atomic E-state index is 12.1. The minimum atomic E-state index is -2.73. The summed E-state index contributed by atoms with van der Waals surface area (Å²) in [6, 6.07) is 0. The highest BCUT2D eigenvalue weighted by Gasteiger charge is 2.47. The molecule has 0 radical (unpaired) electrons. The Hall–Kier alpha value is -0.523. The fourth-order valence-electron chi connectivity index (χ4n) is 1.86. The van der Waals surface area contributed by atoms with Crippen LogP contribution < -0.4 is 0 Å². The molecule has 0 rings (SSSR count). The third-order valence-corrected chi connectivity index (χ3v) is 6.29. The second kappa shape index (κ2) is 7.74. The number of carbonyl (C=O) groups is 2. The SMILES string of the molecule is CCCC(=O)C(C(=O)CCC)[Si](C)(OC)OC. The molecular weight excluding hydrogens is 236 g/mol. The van der Waals surface area contributed by atoms with E-state index in [1.165, 1.54) is 14.2 Å². The quantitative estimate of drug-likeness (QED) is 0.472. The lowest BCUT2D eigenvalue weighted by Gasteiger charge is -2.29. The number of hydrogen-bond donors (Lipinski definition) is 0. The van der Waals surface area contributed by atoms with Crippen LogP contribution in [0, 0.1) is 0 Å². The van der Waals surface area contributed by atoms with E-state index in [2.05, 4.69) is 0 Å². The zero-order chi connectivity index (χ0) is 13.5. The molecule has 0 heterocycles. The Morgan fingerprint density at radius 2 is 1.35 bits per heavy atom. The van der Waals surface area contributed by atoms with Crippen LogP contribution in [0.2, 0.25) is 12.1 Å². The third-order valence-electron chi connectivity index (χ3n) is 2.97. The van der Waals surface area contributed by atoms with Crippen LogP contribution in [-0.2, 0) is 18.4 Å². The summed E-state index contributed by atoms with van der Waals surface area (Å²) >= 11 is 0. The predicted octanol–water partition coefficient (Wildman–Crippen LogP) is 2.46. The maximum Gasteiger partial charge on any atom is 0.352 e. The second-order valence-electron chi connectivity index (χ2n) is 4.29. The van der Waals surface area contributed by atoms with Crippen molar-refractivity contribution in [3.63, 3.8) is 0 Å². The summed E-state index contributed by atoms with van der Waals surface area (Å²) in [5.74, 6) is -0.0763. The molecule has 17 heavy (non-hydrogen) atoms. The Labute approximate surface area is 105 Å². The van der Waals surface area contributed by atoms with Crippen molar-refractivity contribution < 1.29 is 18.4 Å². The Morgan fingerprint density at radius 1 is 1.00 bits per heavy atom. The molecule has 100 valence electrons. The molecule has 0 bridgehead atoms. The van der Waals surface area contributed by atoms with E-state index in [0.717, 1.165) is 12.8 Å². The van der Waals surface area contributed by atoms with Gasteiger partial charge < -0.3 is 8.85 Å². The molecule has 4 nitrogen and oxygen atoms in total. The van der Waals surface area contributed by atoms with E-state index in [-0.39, 0.29) is 11.6 Å². The van der Waals surface area contributed by atoms with Gasteiger partial charge in [0.15, 0.2) is 0 Å². The molecule has 5 heteroatoms. The van der Waals surface area contributed by atoms with Gasteiger partial charge in [-0.25, -0.2) is 0 Å². The third kappa shape index (κ3) is 4.33. The molecule has 0 aliphatic carbocycles. The average Bonchev–Trinajstić information content (AvgIpc) is 2.29. The maximum absolute atomic E-state index is 12.1. The van der Waals surface area contributed by atoms with Crippen molar-refractivity contribution in [1.29, 1.82) is 0 Å². The van der Waals surface area contributed by atoms with Gasteiger partial charge in [0, 0.05) is 27.1 Å². The normalized spacial score (nSPS) is 11.9. The Balaban J connectivity index is 5.08. The van der Waals surface area contributed by atoms with Gasteiger partial charge in [0.05, 0.1) is 0 Å². The van der Waals surface area contributed by atoms with Crippen LogP contribution >= 0.6 is 0 Å². The van der Waals surface area contributed by atoms with Crippen LogP contribution in [0.25, 0.3) is 0 Å². The van der Waals surface area contributed by atoms with E-state index in [9.17, 15) is 9.59 Å². The first-order chi connectivity index (χ1) is 7.96. The zero-order valence-corrected chi connectivity index (χ0v) is 12.5. The van der Waals surface area contributed by atoms with Gasteiger partial charge >= 0.3 is 8.56 Å². The molecule has 0 unspecified atom stereocenters. The van der Waals surface area contributed by atoms with Crippen molar-refractivity contribution >= 4 is 20.1 Å². The van der Waals surface area contributed by atoms with Gasteiger partial charge in [0.2, 0.25) is 0 Å². The van der Waals surface area contributed by atoms with Crippen LogP contribution in [-0.4, -0.2) is 34.3 Å². The van der Waals surface area contributed by atoms with E-state index >= 15 is 0 Å². The van der Waals surface area contributed by atoms with Crippen molar-refractivity contribution in [1.82, 2.24) is 0 Å². The topological polar surface area (TPSA) is 52.6 Å². The van der Waals surface area contributed by atoms with Gasteiger partial charge in [-0.1, -0.05) is 13.8 Å². The highest BCUT2D eigenvalue weighted by molar-refractivity contribution is 6.75. The summed E-state index contributed by atoms with van der Waals surface area (Å²) < 4.78 is 10.7. The van der Waals surface area contributed by atoms with Gasteiger partial charge in [-0.15, -0.1) is 0 Å². The van der Waals surface area contributed by atoms with E-state index in [0.29, 0.717) is 12.8 Å². The molecule has 0 spiro atoms. The molecule has 0 aromatic heterocycles. The lowest BCUT2D eigenvalue weighted by atomic mass is 10.1. The standard InChI is InChI=1S/C12H24O4Si/c1-6-8-10(13)12(11(14)9-7-2)17(5,15-3)16-4/h12H,6-9H2,1-5H3. The van der Waals surface area contributed by atoms with Gasteiger partial charge in [-0.2, -0.15) is 0 Å². The molecule has 0 amide bonds. The highest BCUT2D eigenvalue weighted by Crippen LogP contribution is 2.28. The largest absolute Gasteiger partial charge is 0.397 e. The van der Waals surface area contributed by atoms with Gasteiger partial charge in [0.1, 0.15) is 17.1 Å². The zero-order valence-electron chi connectivity index (χ0n) is 11.5. The Kier molecular flexibility index (Phi) is 7.50. The minimum absolute atomic E-state index is 0.0381. The summed E-state index contributed by atoms with van der Waals surface area (Å²) in [7, 11) is 0.304. The molecule has 0 N–H and O–H groups in total. The number of Topliss-reactive ketones (excluding diaryl/α,β-unsaturated/α-hetero) is 2. The van der Waals surface area contributed by atoms with Crippen molar-refractivity contribution in [2.24, 2.45) is 0 Å². The molecule has 0 aromatic rings. The first kappa shape index (κ1) is 16.5. The molecule has 0 aliphatic heterocycles. The summed E-state index contributed by atoms with van der Waals surface area (Å²) in [6.45, 7) is 5.63. The first-order valence-electron chi connectivity index (χ1n) is 6.12. The molecule has 0 saturated heterocycles. The van der Waals surface area contributed by atoms with Crippen LogP contribution in [0.4, 0.5) is 0 Å². The van der Waals surface area contributed by atoms with E-state index < -0.39 is 14.1 Å². The fourth-order valence-corrected chi connectivity index (χ4v) is 3.96. The Bertz CT molecular complexity index is 243. The Morgan fingerprint density at radius 3 is 1.59 bits per heavy atom. The molecule has 0 aromatic carbocycles. The van der Waals surface area contributed by atoms with Gasteiger partial charge in [-0.3, -0.25) is 9.59 Å². The number of carbonyl (C=O) groups excluding carboxylic acids is 2. The molecule has 0 saturated carbocycles. The van der Waals surface area contributed by atoms with Gasteiger partial charge in [-0.05, 0) is 19.4 Å². The van der Waals surface area contributed by atoms with Crippen molar-refractivity contribution in [3.05, 3.63) is 0 Å². The predicted molar refractivity (Wildman–Crippen MR) is 69.2 cm³/mol. The second-order valence-corrected chi connectivity index (χ2v) is 7.72. The van der Waals surface area contributed by atoms with Crippen molar-refractivity contribution in [2.45, 2.75) is 51.6 Å². The van der Waals surface area contributed by atoms with Crippen LogP contribution in [0.5, 0.6) is 0 Å². The van der Waals surface area contributed by atoms with Crippen LogP contribution in [0.3, 0.4) is 0 Å². The summed E-state index contributed by atoms with van der Waals surface area (Å²) in [5, 5.41) is 0. The van der Waals surface area contributed by atoms with E-state index in [4.69, 9.17) is 8.85 Å². The monoisotopic (exact) mass is 260 g/mol. The molecular formula is C12H24O4Si. The fraction of sp³-hybridized carbons (Fsp3) is 0.833.